The number of nitrogens with one attached hydrogen (secondary N) is 1. The van der Waals surface area contributed by atoms with E-state index in [1.807, 2.05) is 13.0 Å². The summed E-state index contributed by atoms with van der Waals surface area (Å²) in [5, 5.41) is 12.3. The zero-order valence-corrected chi connectivity index (χ0v) is 11.6. The first-order valence-electron chi connectivity index (χ1n) is 6.31. The van der Waals surface area contributed by atoms with Crippen molar-refractivity contribution in [3.8, 4) is 0 Å². The second kappa shape index (κ2) is 6.71. The number of aliphatic hydroxyl groups is 1. The number of halogens is 1. The summed E-state index contributed by atoms with van der Waals surface area (Å²) in [6, 6.07) is 5.50. The van der Waals surface area contributed by atoms with Gasteiger partial charge in [0, 0.05) is 25.7 Å². The van der Waals surface area contributed by atoms with Gasteiger partial charge in [0.1, 0.15) is 5.82 Å². The Morgan fingerprint density at radius 3 is 2.50 bits per heavy atom. The van der Waals surface area contributed by atoms with Crippen molar-refractivity contribution >= 4 is 5.69 Å². The lowest BCUT2D eigenvalue weighted by Crippen LogP contribution is -2.32. The Hall–Kier alpha value is -1.13. The van der Waals surface area contributed by atoms with Gasteiger partial charge in [-0.1, -0.05) is 19.9 Å². The molecule has 3 nitrogen and oxygen atoms in total. The minimum absolute atomic E-state index is 0.00654. The average Bonchev–Trinajstić information content (AvgIpc) is 2.34. The van der Waals surface area contributed by atoms with E-state index < -0.39 is 0 Å². The predicted molar refractivity (Wildman–Crippen MR) is 73.3 cm³/mol. The molecule has 0 radical (unpaired) electrons. The van der Waals surface area contributed by atoms with Crippen molar-refractivity contribution in [1.82, 2.24) is 5.32 Å². The van der Waals surface area contributed by atoms with E-state index in [1.54, 1.807) is 24.1 Å². The van der Waals surface area contributed by atoms with E-state index in [-0.39, 0.29) is 18.5 Å². The number of benzene rings is 1. The van der Waals surface area contributed by atoms with Gasteiger partial charge in [-0.25, -0.2) is 4.39 Å². The molecular weight excluding hydrogens is 231 g/mol. The van der Waals surface area contributed by atoms with Gasteiger partial charge in [-0.05, 0) is 24.6 Å². The molecular formula is C14H23FN2O. The number of nitrogens with zero attached hydrogens (tertiary/aromatic N) is 1. The molecule has 1 aromatic carbocycles. The van der Waals surface area contributed by atoms with E-state index >= 15 is 0 Å². The van der Waals surface area contributed by atoms with Gasteiger partial charge in [-0.2, -0.15) is 0 Å². The van der Waals surface area contributed by atoms with E-state index in [1.165, 1.54) is 0 Å². The lowest BCUT2D eigenvalue weighted by molar-refractivity contribution is 0.269. The Kier molecular flexibility index (Phi) is 5.56. The molecule has 0 aliphatic rings. The molecule has 0 aliphatic heterocycles. The summed E-state index contributed by atoms with van der Waals surface area (Å²) in [7, 11) is 1.78. The summed E-state index contributed by atoms with van der Waals surface area (Å²) in [6.07, 6.45) is 0. The van der Waals surface area contributed by atoms with Crippen molar-refractivity contribution in [3.63, 3.8) is 0 Å². The molecule has 1 atom stereocenters. The van der Waals surface area contributed by atoms with E-state index in [0.717, 1.165) is 5.56 Å². The fraction of sp³-hybridized carbons (Fsp3) is 0.571. The first kappa shape index (κ1) is 14.9. The minimum Gasteiger partial charge on any atom is -0.394 e. The second-order valence-corrected chi connectivity index (χ2v) is 4.96. The SMILES string of the molecule is CC(C)NCc1ccc(N(C)C(C)CO)c(F)c1. The molecule has 0 heterocycles. The van der Waals surface area contributed by atoms with Crippen molar-refractivity contribution in [2.45, 2.75) is 39.4 Å². The van der Waals surface area contributed by atoms with E-state index in [4.69, 9.17) is 5.11 Å². The van der Waals surface area contributed by atoms with Crippen LogP contribution in [0.3, 0.4) is 0 Å². The van der Waals surface area contributed by atoms with E-state index in [2.05, 4.69) is 19.2 Å². The van der Waals surface area contributed by atoms with Crippen molar-refractivity contribution in [1.29, 1.82) is 0 Å². The van der Waals surface area contributed by atoms with Crippen LogP contribution in [-0.4, -0.2) is 30.8 Å². The molecule has 0 amide bonds. The number of aliphatic hydroxyl groups excluding tert-OH is 1. The lowest BCUT2D eigenvalue weighted by atomic mass is 10.1. The first-order chi connectivity index (χ1) is 8.45. The second-order valence-electron chi connectivity index (χ2n) is 4.96. The van der Waals surface area contributed by atoms with Crippen LogP contribution in [0.2, 0.25) is 0 Å². The molecule has 2 N–H and O–H groups in total. The molecule has 1 aromatic rings. The van der Waals surface area contributed by atoms with Gasteiger partial charge in [0.2, 0.25) is 0 Å². The topological polar surface area (TPSA) is 35.5 Å². The Balaban J connectivity index is 2.79. The number of hydrogen-bond acceptors (Lipinski definition) is 3. The van der Waals surface area contributed by atoms with Crippen molar-refractivity contribution in [2.24, 2.45) is 0 Å². The van der Waals surface area contributed by atoms with Gasteiger partial charge in [0.25, 0.3) is 0 Å². The van der Waals surface area contributed by atoms with Crippen LogP contribution in [0.1, 0.15) is 26.3 Å². The predicted octanol–water partition coefficient (Wildman–Crippen LogP) is 2.14. The van der Waals surface area contributed by atoms with Gasteiger partial charge >= 0.3 is 0 Å². The van der Waals surface area contributed by atoms with Gasteiger partial charge in [-0.15, -0.1) is 0 Å². The maximum atomic E-state index is 14.0. The zero-order valence-electron chi connectivity index (χ0n) is 11.6. The number of anilines is 1. The maximum Gasteiger partial charge on any atom is 0.146 e. The number of hydrogen-bond donors (Lipinski definition) is 2. The van der Waals surface area contributed by atoms with Crippen LogP contribution >= 0.6 is 0 Å². The van der Waals surface area contributed by atoms with Crippen LogP contribution in [0.4, 0.5) is 10.1 Å². The van der Waals surface area contributed by atoms with Crippen LogP contribution < -0.4 is 10.2 Å². The van der Waals surface area contributed by atoms with Crippen LogP contribution in [0, 0.1) is 5.82 Å². The smallest absolute Gasteiger partial charge is 0.146 e. The van der Waals surface area contributed by atoms with Crippen LogP contribution in [-0.2, 0) is 6.54 Å². The number of rotatable bonds is 6. The lowest BCUT2D eigenvalue weighted by Gasteiger charge is -2.26. The highest BCUT2D eigenvalue weighted by molar-refractivity contribution is 5.49. The summed E-state index contributed by atoms with van der Waals surface area (Å²) >= 11 is 0. The fourth-order valence-corrected chi connectivity index (χ4v) is 1.63. The molecule has 4 heteroatoms. The normalized spacial score (nSPS) is 12.8. The third kappa shape index (κ3) is 3.96. The number of likely N-dealkylation sites (N-methyl/N-ethyl adjacent to an activating group) is 1. The fourth-order valence-electron chi connectivity index (χ4n) is 1.63. The Labute approximate surface area is 109 Å². The molecule has 0 bridgehead atoms. The Morgan fingerprint density at radius 1 is 1.33 bits per heavy atom. The molecule has 0 spiro atoms. The molecule has 0 saturated heterocycles. The summed E-state index contributed by atoms with van der Waals surface area (Å²) in [6.45, 7) is 6.64. The molecule has 1 rings (SSSR count). The van der Waals surface area contributed by atoms with E-state index in [9.17, 15) is 4.39 Å². The largest absolute Gasteiger partial charge is 0.394 e. The van der Waals surface area contributed by atoms with Crippen LogP contribution in [0.5, 0.6) is 0 Å². The van der Waals surface area contributed by atoms with Crippen molar-refractivity contribution in [2.75, 3.05) is 18.6 Å². The van der Waals surface area contributed by atoms with Gasteiger partial charge in [-0.3, -0.25) is 0 Å². The summed E-state index contributed by atoms with van der Waals surface area (Å²) in [5.74, 6) is -0.249. The molecule has 102 valence electrons. The molecule has 0 fully saturated rings. The van der Waals surface area contributed by atoms with Crippen LogP contribution in [0.25, 0.3) is 0 Å². The zero-order chi connectivity index (χ0) is 13.7. The minimum atomic E-state index is -0.249. The van der Waals surface area contributed by atoms with Crippen molar-refractivity contribution < 1.29 is 9.50 Å². The Morgan fingerprint density at radius 2 is 2.00 bits per heavy atom. The Bertz CT molecular complexity index is 382. The molecule has 0 aliphatic carbocycles. The molecule has 1 unspecified atom stereocenters. The highest BCUT2D eigenvalue weighted by atomic mass is 19.1. The van der Waals surface area contributed by atoms with E-state index in [0.29, 0.717) is 18.3 Å². The third-order valence-electron chi connectivity index (χ3n) is 3.03. The van der Waals surface area contributed by atoms with Crippen LogP contribution in [0.15, 0.2) is 18.2 Å². The van der Waals surface area contributed by atoms with Gasteiger partial charge in [0.05, 0.1) is 12.3 Å². The molecule has 18 heavy (non-hydrogen) atoms. The summed E-state index contributed by atoms with van der Waals surface area (Å²) in [5.41, 5.74) is 1.44. The summed E-state index contributed by atoms with van der Waals surface area (Å²) < 4.78 is 14.0. The quantitative estimate of drug-likeness (QED) is 0.816. The molecule has 0 saturated carbocycles. The standard InChI is InChI=1S/C14H23FN2O/c1-10(2)16-8-12-5-6-14(13(15)7-12)17(4)11(3)9-18/h5-7,10-11,16,18H,8-9H2,1-4H3. The van der Waals surface area contributed by atoms with Crippen molar-refractivity contribution in [3.05, 3.63) is 29.6 Å². The highest BCUT2D eigenvalue weighted by Gasteiger charge is 2.13. The van der Waals surface area contributed by atoms with Gasteiger partial charge < -0.3 is 15.3 Å². The maximum absolute atomic E-state index is 14.0. The highest BCUT2D eigenvalue weighted by Crippen LogP contribution is 2.21. The van der Waals surface area contributed by atoms with Gasteiger partial charge in [0.15, 0.2) is 0 Å². The molecule has 0 aromatic heterocycles. The first-order valence-corrected chi connectivity index (χ1v) is 6.31. The third-order valence-corrected chi connectivity index (χ3v) is 3.03. The average molecular weight is 254 g/mol. The summed E-state index contributed by atoms with van der Waals surface area (Å²) in [4.78, 5) is 1.75. The monoisotopic (exact) mass is 254 g/mol.